The van der Waals surface area contributed by atoms with Crippen molar-refractivity contribution in [3.63, 3.8) is 0 Å². The van der Waals surface area contributed by atoms with Crippen LogP contribution in [-0.2, 0) is 26.3 Å². The summed E-state index contributed by atoms with van der Waals surface area (Å²) in [4.78, 5) is 53.4. The molecule has 190 valence electrons. The number of amides is 2. The van der Waals surface area contributed by atoms with Gasteiger partial charge in [-0.25, -0.2) is 9.55 Å². The number of nitrogens with zero attached hydrogens (tertiary/aromatic N) is 6. The number of pyridine rings is 1. The van der Waals surface area contributed by atoms with Gasteiger partial charge in [0.1, 0.15) is 36.3 Å². The van der Waals surface area contributed by atoms with E-state index < -0.39 is 28.3 Å². The lowest BCUT2D eigenvalue weighted by atomic mass is 10.0. The number of thiol groups is 1. The largest absolute Gasteiger partial charge is 0.398 e. The fourth-order valence-corrected chi connectivity index (χ4v) is 6.80. The molecule has 0 radical (unpaired) electrons. The number of nitrogens with two attached hydrogens (primary N) is 1. The Balaban J connectivity index is 1.38. The fraction of sp³-hybridized carbons (Fsp3) is 0.238. The Morgan fingerprint density at radius 2 is 2.08 bits per heavy atom. The highest BCUT2D eigenvalue weighted by Gasteiger charge is 2.54. The van der Waals surface area contributed by atoms with Gasteiger partial charge in [-0.3, -0.25) is 19.3 Å². The summed E-state index contributed by atoms with van der Waals surface area (Å²) in [5, 5.41) is 7.98. The first-order valence-electron chi connectivity index (χ1n) is 10.6. The lowest BCUT2D eigenvalue weighted by molar-refractivity contribution is -0.671. The number of thiazole rings is 1. The van der Waals surface area contributed by atoms with E-state index in [0.717, 1.165) is 22.8 Å². The molecular weight excluding hydrogens is 557 g/mol. The Morgan fingerprint density at radius 1 is 1.32 bits per heavy atom. The van der Waals surface area contributed by atoms with E-state index >= 15 is 0 Å². The summed E-state index contributed by atoms with van der Waals surface area (Å²) in [5.74, 6) is -0.757. The number of carbonyl (C=O) groups excluding carboxylic acids is 3. The molecule has 37 heavy (non-hydrogen) atoms. The molecule has 0 aliphatic carbocycles. The van der Waals surface area contributed by atoms with Gasteiger partial charge in [0.25, 0.3) is 11.8 Å². The number of thioether (sulfide) groups is 1. The van der Waals surface area contributed by atoms with Crippen LogP contribution in [0.2, 0.25) is 0 Å². The topological polar surface area (TPSA) is 157 Å². The minimum absolute atomic E-state index is 0.0121. The molecule has 0 unspecified atom stereocenters. The predicted molar refractivity (Wildman–Crippen MR) is 143 cm³/mol. The quantitative estimate of drug-likeness (QED) is 0.121. The number of rotatable bonds is 7. The molecule has 2 aliphatic heterocycles. The van der Waals surface area contributed by atoms with Crippen LogP contribution in [0.5, 0.6) is 0 Å². The van der Waals surface area contributed by atoms with E-state index in [4.69, 9.17) is 15.6 Å². The van der Waals surface area contributed by atoms with Gasteiger partial charge in [-0.2, -0.15) is 9.36 Å². The Bertz CT molecular complexity index is 1470. The van der Waals surface area contributed by atoms with Gasteiger partial charge in [-0.1, -0.05) is 17.8 Å². The molecule has 5 rings (SSSR count). The van der Waals surface area contributed by atoms with Crippen molar-refractivity contribution in [1.82, 2.24) is 24.6 Å². The van der Waals surface area contributed by atoms with Gasteiger partial charge in [0.15, 0.2) is 17.5 Å². The molecule has 2 amide bonds. The zero-order valence-corrected chi connectivity index (χ0v) is 22.7. The third-order valence-corrected chi connectivity index (χ3v) is 8.48. The number of anilines is 1. The van der Waals surface area contributed by atoms with E-state index in [9.17, 15) is 14.4 Å². The highest BCUT2D eigenvalue weighted by Crippen LogP contribution is 2.44. The van der Waals surface area contributed by atoms with Gasteiger partial charge in [0.05, 0.1) is 5.69 Å². The molecule has 1 fully saturated rings. The molecule has 0 spiro atoms. The first-order chi connectivity index (χ1) is 17.8. The molecular formula is C21H19N8O4S4+. The predicted octanol–water partition coefficient (Wildman–Crippen LogP) is 0.686. The maximum atomic E-state index is 13.1. The zero-order chi connectivity index (χ0) is 26.3. The number of aromatic nitrogens is 4. The van der Waals surface area contributed by atoms with Crippen molar-refractivity contribution in [2.45, 2.75) is 11.4 Å². The van der Waals surface area contributed by atoms with Crippen molar-refractivity contribution < 1.29 is 23.8 Å². The maximum absolute atomic E-state index is 13.1. The normalized spacial score (nSPS) is 19.4. The molecule has 3 N–H and O–H groups in total. The smallest absolute Gasteiger partial charge is 0.278 e. The summed E-state index contributed by atoms with van der Waals surface area (Å²) in [6.07, 6.45) is 3.85. The van der Waals surface area contributed by atoms with Gasteiger partial charge in [0, 0.05) is 45.9 Å². The van der Waals surface area contributed by atoms with Crippen LogP contribution < -0.4 is 15.6 Å². The number of nitrogens with one attached hydrogen (secondary N) is 1. The van der Waals surface area contributed by atoms with Crippen molar-refractivity contribution in [3.05, 3.63) is 46.4 Å². The summed E-state index contributed by atoms with van der Waals surface area (Å²) in [7, 11) is 3.20. The van der Waals surface area contributed by atoms with Crippen LogP contribution in [0, 0.1) is 0 Å². The summed E-state index contributed by atoms with van der Waals surface area (Å²) < 4.78 is 5.90. The first-order valence-corrected chi connectivity index (χ1v) is 13.8. The SMILES string of the molecule is CO/N=C(\C(=O)N[C@@H]1C(=O)N2C(C(=O)S)=C(c3nc(-c4cc[n+](C)cc4)cs3)CS[C@H]12)c1nsc(N)n1. The molecule has 2 aliphatic rings. The molecule has 3 aromatic rings. The lowest BCUT2D eigenvalue weighted by Crippen LogP contribution is -2.70. The third-order valence-electron chi connectivity index (χ3n) is 5.55. The highest BCUT2D eigenvalue weighted by atomic mass is 32.2. The Morgan fingerprint density at radius 3 is 2.73 bits per heavy atom. The van der Waals surface area contributed by atoms with E-state index in [1.807, 2.05) is 41.5 Å². The van der Waals surface area contributed by atoms with Crippen LogP contribution >= 0.6 is 47.3 Å². The van der Waals surface area contributed by atoms with E-state index in [0.29, 0.717) is 16.3 Å². The Kier molecular flexibility index (Phi) is 6.98. The second kappa shape index (κ2) is 10.2. The van der Waals surface area contributed by atoms with Crippen molar-refractivity contribution >= 4 is 80.6 Å². The van der Waals surface area contributed by atoms with Gasteiger partial charge in [-0.15, -0.1) is 23.1 Å². The Hall–Kier alpha value is -3.34. The average Bonchev–Trinajstić information content (AvgIpc) is 3.54. The highest BCUT2D eigenvalue weighted by molar-refractivity contribution is 8.00. The van der Waals surface area contributed by atoms with Crippen LogP contribution in [0.3, 0.4) is 0 Å². The van der Waals surface area contributed by atoms with Crippen LogP contribution in [0.4, 0.5) is 5.13 Å². The second-order valence-electron chi connectivity index (χ2n) is 7.86. The van der Waals surface area contributed by atoms with Crippen molar-refractivity contribution in [1.29, 1.82) is 0 Å². The van der Waals surface area contributed by atoms with E-state index in [1.165, 1.54) is 35.1 Å². The summed E-state index contributed by atoms with van der Waals surface area (Å²) in [6, 6.07) is 3.01. The van der Waals surface area contributed by atoms with E-state index in [-0.39, 0.29) is 22.4 Å². The minimum atomic E-state index is -0.892. The fourth-order valence-electron chi connectivity index (χ4n) is 3.82. The van der Waals surface area contributed by atoms with Gasteiger partial charge < -0.3 is 15.9 Å². The van der Waals surface area contributed by atoms with E-state index in [2.05, 4.69) is 32.5 Å². The average molecular weight is 576 g/mol. The molecule has 12 nitrogen and oxygen atoms in total. The second-order valence-corrected chi connectivity index (χ2v) is 11.0. The number of carbonyl (C=O) groups is 3. The molecule has 3 aromatic heterocycles. The third kappa shape index (κ3) is 4.72. The Labute approximate surface area is 228 Å². The van der Waals surface area contributed by atoms with Crippen molar-refractivity contribution in [3.8, 4) is 11.3 Å². The van der Waals surface area contributed by atoms with Crippen LogP contribution in [0.1, 0.15) is 10.8 Å². The van der Waals surface area contributed by atoms with Crippen LogP contribution in [0.25, 0.3) is 16.8 Å². The molecule has 0 saturated carbocycles. The van der Waals surface area contributed by atoms with Crippen LogP contribution in [-0.4, -0.2) is 66.2 Å². The standard InChI is InChI=1S/C21H18N8O4S4/c1-28-5-3-9(4-6-28)11-8-35-17(23-11)10-7-36-19-13(18(31)29(19)14(10)20(32)34)24-16(30)12(26-33-2)15-25-21(22)37-27-15/h3-6,8,13,19H,7H2,1-2H3,(H3-,22,24,25,27,30,32,34)/p+1/b26-12-/t13-,19-/m1/s1. The number of fused-ring (bicyclic) bond motifs is 1. The van der Waals surface area contributed by atoms with Gasteiger partial charge >= 0.3 is 0 Å². The lowest BCUT2D eigenvalue weighted by Gasteiger charge is -2.49. The molecule has 2 atom stereocenters. The summed E-state index contributed by atoms with van der Waals surface area (Å²) in [6.45, 7) is 0. The van der Waals surface area contributed by atoms with Crippen molar-refractivity contribution in [2.24, 2.45) is 12.2 Å². The van der Waals surface area contributed by atoms with Gasteiger partial charge in [-0.05, 0) is 0 Å². The number of oxime groups is 1. The maximum Gasteiger partial charge on any atom is 0.278 e. The van der Waals surface area contributed by atoms with Crippen LogP contribution in [0.15, 0.2) is 40.8 Å². The first kappa shape index (κ1) is 25.3. The molecule has 0 aromatic carbocycles. The molecule has 0 bridgehead atoms. The van der Waals surface area contributed by atoms with Crippen molar-refractivity contribution in [2.75, 3.05) is 18.6 Å². The summed E-state index contributed by atoms with van der Waals surface area (Å²) >= 11 is 7.75. The number of hydrogen-bond donors (Lipinski definition) is 3. The monoisotopic (exact) mass is 575 g/mol. The van der Waals surface area contributed by atoms with E-state index in [1.54, 1.807) is 0 Å². The molecule has 16 heteroatoms. The minimum Gasteiger partial charge on any atom is -0.398 e. The molecule has 5 heterocycles. The number of hydrogen-bond acceptors (Lipinski definition) is 12. The molecule has 1 saturated heterocycles. The summed E-state index contributed by atoms with van der Waals surface area (Å²) in [5.41, 5.74) is 7.90. The van der Waals surface area contributed by atoms with Gasteiger partial charge in [0.2, 0.25) is 16.7 Å². The number of nitrogen functional groups attached to an aromatic ring is 1. The zero-order valence-electron chi connectivity index (χ0n) is 19.3. The number of aryl methyl sites for hydroxylation is 1. The number of β-lactam (4-membered cyclic amide) rings is 1.